The quantitative estimate of drug-likeness (QED) is 0.751. The first-order valence-corrected chi connectivity index (χ1v) is 7.12. The zero-order chi connectivity index (χ0) is 15.0. The third kappa shape index (κ3) is 4.08. The first kappa shape index (κ1) is 16.7. The van der Waals surface area contributed by atoms with Crippen molar-refractivity contribution in [2.45, 2.75) is 39.3 Å². The van der Waals surface area contributed by atoms with Crippen LogP contribution < -0.4 is 9.47 Å². The van der Waals surface area contributed by atoms with E-state index >= 15 is 0 Å². The standard InChI is InChI=1S/C15H26N2O3/c1-5-12(6-2)17(9-10-18)11-13-15(20-4)14(19-3)7-8-16-13/h7-8,12,18H,5-6,9-11H2,1-4H3. The zero-order valence-corrected chi connectivity index (χ0v) is 12.9. The molecule has 0 aromatic carbocycles. The van der Waals surface area contributed by atoms with Gasteiger partial charge in [-0.15, -0.1) is 0 Å². The molecule has 0 spiro atoms. The average molecular weight is 282 g/mol. The number of hydrogen-bond donors (Lipinski definition) is 1. The van der Waals surface area contributed by atoms with Gasteiger partial charge in [-0.1, -0.05) is 13.8 Å². The van der Waals surface area contributed by atoms with Gasteiger partial charge in [0.1, 0.15) is 5.69 Å². The van der Waals surface area contributed by atoms with E-state index in [0.717, 1.165) is 18.5 Å². The lowest BCUT2D eigenvalue weighted by Gasteiger charge is -2.30. The second kappa shape index (κ2) is 8.76. The van der Waals surface area contributed by atoms with Crippen molar-refractivity contribution in [3.63, 3.8) is 0 Å². The predicted octanol–water partition coefficient (Wildman–Crippen LogP) is 2.08. The van der Waals surface area contributed by atoms with Gasteiger partial charge in [0.05, 0.1) is 20.8 Å². The molecular formula is C15H26N2O3. The molecule has 0 aliphatic carbocycles. The van der Waals surface area contributed by atoms with Crippen LogP contribution in [0.2, 0.25) is 0 Å². The van der Waals surface area contributed by atoms with E-state index < -0.39 is 0 Å². The van der Waals surface area contributed by atoms with E-state index in [1.54, 1.807) is 26.5 Å². The van der Waals surface area contributed by atoms with Crippen molar-refractivity contribution in [2.75, 3.05) is 27.4 Å². The van der Waals surface area contributed by atoms with Gasteiger partial charge in [0.2, 0.25) is 0 Å². The van der Waals surface area contributed by atoms with Crippen LogP contribution in [0, 0.1) is 0 Å². The molecule has 0 fully saturated rings. The Bertz CT molecular complexity index is 395. The maximum Gasteiger partial charge on any atom is 0.183 e. The molecule has 5 heteroatoms. The molecule has 0 atom stereocenters. The summed E-state index contributed by atoms with van der Waals surface area (Å²) in [4.78, 5) is 6.64. The maximum atomic E-state index is 9.26. The Kier molecular flexibility index (Phi) is 7.33. The number of methoxy groups -OCH3 is 2. The monoisotopic (exact) mass is 282 g/mol. The smallest absolute Gasteiger partial charge is 0.183 e. The molecule has 0 saturated heterocycles. The minimum absolute atomic E-state index is 0.142. The molecule has 1 aromatic heterocycles. The van der Waals surface area contributed by atoms with Gasteiger partial charge in [-0.3, -0.25) is 9.88 Å². The second-order valence-electron chi connectivity index (χ2n) is 4.66. The lowest BCUT2D eigenvalue weighted by Crippen LogP contribution is -2.36. The summed E-state index contributed by atoms with van der Waals surface area (Å²) in [5.74, 6) is 1.36. The van der Waals surface area contributed by atoms with Gasteiger partial charge in [0.15, 0.2) is 11.5 Å². The fraction of sp³-hybridized carbons (Fsp3) is 0.667. The van der Waals surface area contributed by atoms with Crippen LogP contribution >= 0.6 is 0 Å². The molecule has 0 radical (unpaired) electrons. The molecule has 0 unspecified atom stereocenters. The summed E-state index contributed by atoms with van der Waals surface area (Å²) >= 11 is 0. The Morgan fingerprint density at radius 3 is 2.45 bits per heavy atom. The first-order valence-electron chi connectivity index (χ1n) is 7.12. The molecule has 0 aliphatic heterocycles. The van der Waals surface area contributed by atoms with Gasteiger partial charge in [-0.05, 0) is 12.8 Å². The van der Waals surface area contributed by atoms with Crippen LogP contribution in [0.3, 0.4) is 0 Å². The molecule has 5 nitrogen and oxygen atoms in total. The summed E-state index contributed by atoms with van der Waals surface area (Å²) in [7, 11) is 3.24. The summed E-state index contributed by atoms with van der Waals surface area (Å²) in [5, 5.41) is 9.26. The number of hydrogen-bond acceptors (Lipinski definition) is 5. The molecule has 1 heterocycles. The SMILES string of the molecule is CCC(CC)N(CCO)Cc1nccc(OC)c1OC. The van der Waals surface area contributed by atoms with Gasteiger partial charge in [-0.25, -0.2) is 0 Å². The van der Waals surface area contributed by atoms with Crippen LogP contribution in [0.1, 0.15) is 32.4 Å². The fourth-order valence-corrected chi connectivity index (χ4v) is 2.48. The zero-order valence-electron chi connectivity index (χ0n) is 12.9. The maximum absolute atomic E-state index is 9.26. The molecule has 0 bridgehead atoms. The van der Waals surface area contributed by atoms with E-state index in [1.807, 2.05) is 0 Å². The second-order valence-corrected chi connectivity index (χ2v) is 4.66. The van der Waals surface area contributed by atoms with Gasteiger partial charge < -0.3 is 14.6 Å². The van der Waals surface area contributed by atoms with Gasteiger partial charge in [-0.2, -0.15) is 0 Å². The van der Waals surface area contributed by atoms with Crippen molar-refractivity contribution in [1.29, 1.82) is 0 Å². The molecule has 0 aliphatic rings. The van der Waals surface area contributed by atoms with E-state index in [2.05, 4.69) is 23.7 Å². The topological polar surface area (TPSA) is 54.8 Å². The summed E-state index contributed by atoms with van der Waals surface area (Å²) in [6, 6.07) is 2.22. The third-order valence-electron chi connectivity index (χ3n) is 3.57. The Morgan fingerprint density at radius 2 is 1.95 bits per heavy atom. The lowest BCUT2D eigenvalue weighted by molar-refractivity contribution is 0.133. The lowest BCUT2D eigenvalue weighted by atomic mass is 10.1. The molecule has 20 heavy (non-hydrogen) atoms. The van der Waals surface area contributed by atoms with E-state index in [9.17, 15) is 5.11 Å². The Morgan fingerprint density at radius 1 is 1.25 bits per heavy atom. The number of aliphatic hydroxyl groups excluding tert-OH is 1. The molecule has 114 valence electrons. The van der Waals surface area contributed by atoms with Crippen LogP contribution in [-0.2, 0) is 6.54 Å². The van der Waals surface area contributed by atoms with Crippen LogP contribution in [0.5, 0.6) is 11.5 Å². The van der Waals surface area contributed by atoms with Crippen molar-refractivity contribution in [1.82, 2.24) is 9.88 Å². The Hall–Kier alpha value is -1.33. The highest BCUT2D eigenvalue weighted by Gasteiger charge is 2.19. The van der Waals surface area contributed by atoms with Crippen molar-refractivity contribution >= 4 is 0 Å². The molecule has 1 rings (SSSR count). The number of aromatic nitrogens is 1. The van der Waals surface area contributed by atoms with Crippen LogP contribution in [0.15, 0.2) is 12.3 Å². The van der Waals surface area contributed by atoms with Crippen LogP contribution in [-0.4, -0.2) is 48.4 Å². The molecule has 1 aromatic rings. The highest BCUT2D eigenvalue weighted by molar-refractivity contribution is 5.42. The number of ether oxygens (including phenoxy) is 2. The number of pyridine rings is 1. The van der Waals surface area contributed by atoms with Crippen LogP contribution in [0.4, 0.5) is 0 Å². The first-order chi connectivity index (χ1) is 9.71. The van der Waals surface area contributed by atoms with Gasteiger partial charge in [0, 0.05) is 31.4 Å². The summed E-state index contributed by atoms with van der Waals surface area (Å²) in [5.41, 5.74) is 0.840. The Labute approximate surface area is 121 Å². The van der Waals surface area contributed by atoms with Crippen LogP contribution in [0.25, 0.3) is 0 Å². The van der Waals surface area contributed by atoms with E-state index in [1.165, 1.54) is 0 Å². The van der Waals surface area contributed by atoms with Crippen molar-refractivity contribution in [2.24, 2.45) is 0 Å². The molecule has 1 N–H and O–H groups in total. The third-order valence-corrected chi connectivity index (χ3v) is 3.57. The van der Waals surface area contributed by atoms with Crippen molar-refractivity contribution in [3.8, 4) is 11.5 Å². The molecular weight excluding hydrogens is 256 g/mol. The summed E-state index contributed by atoms with van der Waals surface area (Å²) in [6.07, 6.45) is 3.81. The summed E-state index contributed by atoms with van der Waals surface area (Å²) in [6.45, 7) is 5.74. The normalized spacial score (nSPS) is 11.2. The minimum Gasteiger partial charge on any atom is -0.493 e. The van der Waals surface area contributed by atoms with Gasteiger partial charge >= 0.3 is 0 Å². The van der Waals surface area contributed by atoms with E-state index in [-0.39, 0.29) is 6.61 Å². The van der Waals surface area contributed by atoms with Gasteiger partial charge in [0.25, 0.3) is 0 Å². The fourth-order valence-electron chi connectivity index (χ4n) is 2.48. The number of rotatable bonds is 9. The Balaban J connectivity index is 2.98. The molecule has 0 amide bonds. The summed E-state index contributed by atoms with van der Waals surface area (Å²) < 4.78 is 10.7. The molecule has 0 saturated carbocycles. The average Bonchev–Trinajstić information content (AvgIpc) is 2.48. The highest BCUT2D eigenvalue weighted by Crippen LogP contribution is 2.30. The van der Waals surface area contributed by atoms with E-state index in [4.69, 9.17) is 9.47 Å². The number of aliphatic hydroxyl groups is 1. The van der Waals surface area contributed by atoms with Crippen molar-refractivity contribution < 1.29 is 14.6 Å². The van der Waals surface area contributed by atoms with E-state index in [0.29, 0.717) is 30.6 Å². The van der Waals surface area contributed by atoms with Crippen molar-refractivity contribution in [3.05, 3.63) is 18.0 Å². The largest absolute Gasteiger partial charge is 0.493 e. The minimum atomic E-state index is 0.142. The number of nitrogens with zero attached hydrogens (tertiary/aromatic N) is 2. The highest BCUT2D eigenvalue weighted by atomic mass is 16.5. The predicted molar refractivity (Wildman–Crippen MR) is 79.2 cm³/mol.